The highest BCUT2D eigenvalue weighted by molar-refractivity contribution is 6.32. The molecule has 7 heteroatoms. The number of halogens is 1. The summed E-state index contributed by atoms with van der Waals surface area (Å²) < 4.78 is 0. The Balaban J connectivity index is 2.25. The highest BCUT2D eigenvalue weighted by Gasteiger charge is 2.10. The molecule has 1 heterocycles. The van der Waals surface area contributed by atoms with E-state index >= 15 is 0 Å². The summed E-state index contributed by atoms with van der Waals surface area (Å²) in [6.45, 7) is 1.92. The number of aromatic nitrogens is 2. The van der Waals surface area contributed by atoms with Crippen LogP contribution in [0.4, 0.5) is 17.5 Å². The van der Waals surface area contributed by atoms with Crippen LogP contribution in [0.25, 0.3) is 0 Å². The summed E-state index contributed by atoms with van der Waals surface area (Å²) in [5, 5.41) is 6.48. The van der Waals surface area contributed by atoms with Gasteiger partial charge in [0.25, 0.3) is 5.91 Å². The lowest BCUT2D eigenvalue weighted by atomic mass is 10.1. The van der Waals surface area contributed by atoms with Crippen LogP contribution in [-0.2, 0) is 0 Å². The molecular formula is C15H18ClN5O. The molecule has 0 atom stereocenters. The van der Waals surface area contributed by atoms with Crippen LogP contribution in [-0.4, -0.2) is 41.9 Å². The third-order valence-corrected chi connectivity index (χ3v) is 3.38. The van der Waals surface area contributed by atoms with Crippen molar-refractivity contribution in [2.45, 2.75) is 6.92 Å². The largest absolute Gasteiger partial charge is 0.372 e. The molecule has 0 saturated carbocycles. The maximum absolute atomic E-state index is 11.9. The van der Waals surface area contributed by atoms with Gasteiger partial charge >= 0.3 is 0 Å². The van der Waals surface area contributed by atoms with E-state index in [-0.39, 0.29) is 5.91 Å². The Labute approximate surface area is 134 Å². The van der Waals surface area contributed by atoms with Crippen molar-refractivity contribution in [2.75, 3.05) is 31.8 Å². The first-order valence-electron chi connectivity index (χ1n) is 6.72. The molecule has 22 heavy (non-hydrogen) atoms. The monoisotopic (exact) mass is 319 g/mol. The van der Waals surface area contributed by atoms with Gasteiger partial charge in [0.2, 0.25) is 5.95 Å². The fraction of sp³-hybridized carbons (Fsp3) is 0.267. The summed E-state index contributed by atoms with van der Waals surface area (Å²) >= 11 is 5.96. The van der Waals surface area contributed by atoms with Crippen molar-refractivity contribution < 1.29 is 4.79 Å². The van der Waals surface area contributed by atoms with E-state index in [1.165, 1.54) is 6.20 Å². The van der Waals surface area contributed by atoms with Crippen molar-refractivity contribution in [1.82, 2.24) is 14.9 Å². The summed E-state index contributed by atoms with van der Waals surface area (Å²) in [7, 11) is 5.19. The van der Waals surface area contributed by atoms with Gasteiger partial charge in [0, 0.05) is 32.4 Å². The van der Waals surface area contributed by atoms with Gasteiger partial charge in [0.1, 0.15) is 10.8 Å². The van der Waals surface area contributed by atoms with Gasteiger partial charge in [-0.25, -0.2) is 4.98 Å². The molecule has 0 aliphatic heterocycles. The van der Waals surface area contributed by atoms with Gasteiger partial charge in [-0.2, -0.15) is 4.98 Å². The second-order valence-electron chi connectivity index (χ2n) is 4.99. The number of rotatable bonds is 4. The SMILES string of the molecule is CNc1nc(Nc2ccc(C(=O)N(C)C)cc2C)ncc1Cl. The van der Waals surface area contributed by atoms with Gasteiger partial charge in [-0.15, -0.1) is 0 Å². The Morgan fingerprint density at radius 1 is 1.32 bits per heavy atom. The van der Waals surface area contributed by atoms with Gasteiger partial charge in [0.15, 0.2) is 0 Å². The van der Waals surface area contributed by atoms with Crippen LogP contribution >= 0.6 is 11.6 Å². The molecule has 1 aromatic heterocycles. The minimum atomic E-state index is -0.0325. The highest BCUT2D eigenvalue weighted by Crippen LogP contribution is 2.23. The van der Waals surface area contributed by atoms with Gasteiger partial charge in [-0.1, -0.05) is 11.6 Å². The summed E-state index contributed by atoms with van der Waals surface area (Å²) in [4.78, 5) is 21.9. The van der Waals surface area contributed by atoms with Crippen LogP contribution in [0.2, 0.25) is 5.02 Å². The van der Waals surface area contributed by atoms with E-state index in [4.69, 9.17) is 11.6 Å². The van der Waals surface area contributed by atoms with Crippen molar-refractivity contribution in [2.24, 2.45) is 0 Å². The van der Waals surface area contributed by atoms with Gasteiger partial charge < -0.3 is 15.5 Å². The Hall–Kier alpha value is -2.34. The lowest BCUT2D eigenvalue weighted by Crippen LogP contribution is -2.21. The number of carbonyl (C=O) groups is 1. The molecule has 2 N–H and O–H groups in total. The van der Waals surface area contributed by atoms with Crippen molar-refractivity contribution >= 4 is 35.0 Å². The zero-order valence-corrected chi connectivity index (χ0v) is 13.7. The number of benzene rings is 1. The number of nitrogens with one attached hydrogen (secondary N) is 2. The average molecular weight is 320 g/mol. The third kappa shape index (κ3) is 3.46. The summed E-state index contributed by atoms with van der Waals surface area (Å²) in [5.41, 5.74) is 2.40. The summed E-state index contributed by atoms with van der Waals surface area (Å²) in [6.07, 6.45) is 1.53. The van der Waals surface area contributed by atoms with Crippen molar-refractivity contribution in [1.29, 1.82) is 0 Å². The van der Waals surface area contributed by atoms with E-state index in [0.717, 1.165) is 11.3 Å². The molecule has 6 nitrogen and oxygen atoms in total. The van der Waals surface area contributed by atoms with E-state index < -0.39 is 0 Å². The molecule has 0 saturated heterocycles. The number of amides is 1. The first-order chi connectivity index (χ1) is 10.4. The van der Waals surface area contributed by atoms with Crippen LogP contribution in [0.5, 0.6) is 0 Å². The van der Waals surface area contributed by atoms with Crippen LogP contribution in [0, 0.1) is 6.92 Å². The zero-order chi connectivity index (χ0) is 16.3. The first kappa shape index (κ1) is 16.0. The fourth-order valence-electron chi connectivity index (χ4n) is 1.92. The number of anilines is 3. The minimum Gasteiger partial charge on any atom is -0.372 e. The van der Waals surface area contributed by atoms with E-state index in [9.17, 15) is 4.79 Å². The lowest BCUT2D eigenvalue weighted by molar-refractivity contribution is 0.0827. The second kappa shape index (κ2) is 6.62. The third-order valence-electron chi connectivity index (χ3n) is 3.11. The summed E-state index contributed by atoms with van der Waals surface area (Å²) in [6, 6.07) is 5.44. The van der Waals surface area contributed by atoms with Gasteiger partial charge in [-0.05, 0) is 30.7 Å². The maximum Gasteiger partial charge on any atom is 0.253 e. The van der Waals surface area contributed by atoms with E-state index in [2.05, 4.69) is 20.6 Å². The molecule has 2 rings (SSSR count). The van der Waals surface area contributed by atoms with Crippen LogP contribution < -0.4 is 10.6 Å². The molecule has 0 spiro atoms. The summed E-state index contributed by atoms with van der Waals surface area (Å²) in [5.74, 6) is 0.953. The molecule has 0 unspecified atom stereocenters. The number of aryl methyl sites for hydroxylation is 1. The second-order valence-corrected chi connectivity index (χ2v) is 5.40. The van der Waals surface area contributed by atoms with E-state index in [0.29, 0.717) is 22.4 Å². The van der Waals surface area contributed by atoms with Crippen molar-refractivity contribution in [3.8, 4) is 0 Å². The van der Waals surface area contributed by atoms with Gasteiger partial charge in [-0.3, -0.25) is 4.79 Å². The van der Waals surface area contributed by atoms with Crippen LogP contribution in [0.3, 0.4) is 0 Å². The van der Waals surface area contributed by atoms with E-state index in [1.54, 1.807) is 32.1 Å². The van der Waals surface area contributed by atoms with Crippen molar-refractivity contribution in [3.05, 3.63) is 40.5 Å². The van der Waals surface area contributed by atoms with Crippen LogP contribution in [0.15, 0.2) is 24.4 Å². The highest BCUT2D eigenvalue weighted by atomic mass is 35.5. The molecule has 2 aromatic rings. The molecule has 0 fully saturated rings. The van der Waals surface area contributed by atoms with Crippen molar-refractivity contribution in [3.63, 3.8) is 0 Å². The molecular weight excluding hydrogens is 302 g/mol. The minimum absolute atomic E-state index is 0.0325. The molecule has 0 radical (unpaired) electrons. The Morgan fingerprint density at radius 2 is 2.05 bits per heavy atom. The van der Waals surface area contributed by atoms with E-state index in [1.807, 2.05) is 19.1 Å². The average Bonchev–Trinajstić information content (AvgIpc) is 2.50. The first-order valence-corrected chi connectivity index (χ1v) is 7.09. The Kier molecular flexibility index (Phi) is 4.82. The molecule has 0 aliphatic rings. The molecule has 0 bridgehead atoms. The zero-order valence-electron chi connectivity index (χ0n) is 12.9. The van der Waals surface area contributed by atoms with Crippen LogP contribution in [0.1, 0.15) is 15.9 Å². The Bertz CT molecular complexity index is 702. The molecule has 1 aromatic carbocycles. The number of hydrogen-bond donors (Lipinski definition) is 2. The number of nitrogens with zero attached hydrogens (tertiary/aromatic N) is 3. The Morgan fingerprint density at radius 3 is 2.64 bits per heavy atom. The lowest BCUT2D eigenvalue weighted by Gasteiger charge is -2.13. The maximum atomic E-state index is 11.9. The number of carbonyl (C=O) groups excluding carboxylic acids is 1. The standard InChI is InChI=1S/C15H18ClN5O/c1-9-7-10(14(22)21(3)4)5-6-12(9)19-15-18-8-11(16)13(17-2)20-15/h5-8H,1-4H3,(H2,17,18,19,20). The predicted octanol–water partition coefficient (Wildman–Crippen LogP) is 2.93. The quantitative estimate of drug-likeness (QED) is 0.906. The van der Waals surface area contributed by atoms with Gasteiger partial charge in [0.05, 0.1) is 6.20 Å². The normalized spacial score (nSPS) is 10.2. The topological polar surface area (TPSA) is 70.2 Å². The number of hydrogen-bond acceptors (Lipinski definition) is 5. The fourth-order valence-corrected chi connectivity index (χ4v) is 2.10. The smallest absolute Gasteiger partial charge is 0.253 e. The molecule has 0 aliphatic carbocycles. The molecule has 1 amide bonds. The molecule has 116 valence electrons. The predicted molar refractivity (Wildman–Crippen MR) is 89.1 cm³/mol.